The van der Waals surface area contributed by atoms with Crippen LogP contribution in [0.1, 0.15) is 476 Å². The first-order valence-corrected chi connectivity index (χ1v) is 43.2. The fraction of sp³-hybridized carbons (Fsp3) is 0.965. The standard InChI is InChI=1S/C86H169NO8/c1-6-8-10-12-14-16-18-20-22-24-26-28-30-32-34-36-38-40-41-42-43-44-45-47-49-51-53-55-57-59-61-63-65-67-69-71-73-75-77-84(89)95-82(81-94-86(85(90)91)92-79-78-87(3,4)5)80-93-83(88)76-74-72-70-68-66-64-62-60-58-56-54-52-50-48-46-39-37-35-33-31-29-27-25-23-21-19-17-15-13-11-9-7-2/h82,86H,6-81H2,1-5H3. The van der Waals surface area contributed by atoms with Crippen LogP contribution in [0.4, 0.5) is 0 Å². The zero-order chi connectivity index (χ0) is 69.0. The smallest absolute Gasteiger partial charge is 0.306 e. The topological polar surface area (TPSA) is 111 Å². The lowest BCUT2D eigenvalue weighted by Gasteiger charge is -2.26. The Bertz CT molecular complexity index is 1520. The first-order valence-electron chi connectivity index (χ1n) is 43.2. The normalized spacial score (nSPS) is 12.5. The number of hydrogen-bond donors (Lipinski definition) is 0. The number of carbonyl (C=O) groups is 3. The van der Waals surface area contributed by atoms with E-state index in [4.69, 9.17) is 18.9 Å². The van der Waals surface area contributed by atoms with Gasteiger partial charge < -0.3 is 33.3 Å². The van der Waals surface area contributed by atoms with Gasteiger partial charge in [0.05, 0.1) is 40.3 Å². The zero-order valence-corrected chi connectivity index (χ0v) is 65.1. The fourth-order valence-electron chi connectivity index (χ4n) is 13.8. The molecule has 0 aromatic carbocycles. The lowest BCUT2D eigenvalue weighted by Crippen LogP contribution is -2.44. The molecule has 95 heavy (non-hydrogen) atoms. The van der Waals surface area contributed by atoms with Gasteiger partial charge in [-0.05, 0) is 12.8 Å². The highest BCUT2D eigenvalue weighted by Gasteiger charge is 2.22. The van der Waals surface area contributed by atoms with Crippen molar-refractivity contribution in [2.45, 2.75) is 489 Å². The number of aliphatic carboxylic acids is 1. The van der Waals surface area contributed by atoms with E-state index in [-0.39, 0.29) is 32.2 Å². The minimum absolute atomic E-state index is 0.154. The van der Waals surface area contributed by atoms with Crippen LogP contribution in [0.15, 0.2) is 0 Å². The van der Waals surface area contributed by atoms with E-state index >= 15 is 0 Å². The van der Waals surface area contributed by atoms with E-state index in [1.807, 2.05) is 21.1 Å². The first kappa shape index (κ1) is 93.3. The molecule has 566 valence electrons. The minimum Gasteiger partial charge on any atom is -0.545 e. The van der Waals surface area contributed by atoms with Gasteiger partial charge in [-0.25, -0.2) is 0 Å². The SMILES string of the molecule is CCCCCCCCCCCCCCCCCCCCCCCCCCCCCCCCCCCCCCCCC(=O)OC(COC(=O)CCCCCCCCCCCCCCCCCCCCCCCCCCCCCCCCCC)COC(OCC[N+](C)(C)C)C(=O)[O-]. The Kier molecular flexibility index (Phi) is 76.6. The monoisotopic (exact) mass is 1340 g/mol. The summed E-state index contributed by atoms with van der Waals surface area (Å²) in [6.45, 7) is 4.86. The molecule has 0 amide bonds. The van der Waals surface area contributed by atoms with Gasteiger partial charge >= 0.3 is 11.9 Å². The average Bonchev–Trinajstić information content (AvgIpc) is 3.58. The lowest BCUT2D eigenvalue weighted by atomic mass is 10.0. The third-order valence-electron chi connectivity index (χ3n) is 20.4. The summed E-state index contributed by atoms with van der Waals surface area (Å²) in [7, 11) is 5.96. The van der Waals surface area contributed by atoms with Crippen molar-refractivity contribution in [1.82, 2.24) is 0 Å². The number of esters is 2. The van der Waals surface area contributed by atoms with Gasteiger partial charge in [0.25, 0.3) is 0 Å². The highest BCUT2D eigenvalue weighted by molar-refractivity contribution is 5.70. The summed E-state index contributed by atoms with van der Waals surface area (Å²) in [6.07, 6.45) is 94.1. The number of nitrogens with zero attached hydrogens (tertiary/aromatic N) is 1. The van der Waals surface area contributed by atoms with Crippen molar-refractivity contribution >= 4 is 17.9 Å². The van der Waals surface area contributed by atoms with Crippen LogP contribution in [0.25, 0.3) is 0 Å². The van der Waals surface area contributed by atoms with Crippen LogP contribution < -0.4 is 5.11 Å². The van der Waals surface area contributed by atoms with Crippen LogP contribution in [0.3, 0.4) is 0 Å². The van der Waals surface area contributed by atoms with Crippen molar-refractivity contribution in [2.24, 2.45) is 0 Å². The van der Waals surface area contributed by atoms with Gasteiger partial charge in [0.2, 0.25) is 0 Å². The molecule has 0 heterocycles. The molecule has 0 aliphatic rings. The van der Waals surface area contributed by atoms with E-state index < -0.39 is 24.3 Å². The summed E-state index contributed by atoms with van der Waals surface area (Å²) in [5, 5.41) is 11.9. The predicted molar refractivity (Wildman–Crippen MR) is 408 cm³/mol. The third-order valence-corrected chi connectivity index (χ3v) is 20.4. The molecule has 9 heteroatoms. The Labute approximate surface area is 593 Å². The molecule has 2 atom stereocenters. The van der Waals surface area contributed by atoms with E-state index in [2.05, 4.69) is 13.8 Å². The molecule has 9 nitrogen and oxygen atoms in total. The van der Waals surface area contributed by atoms with Gasteiger partial charge in [0, 0.05) is 12.8 Å². The number of carboxylic acid groups (broad SMARTS) is 1. The molecule has 0 aromatic heterocycles. The second-order valence-corrected chi connectivity index (χ2v) is 31.2. The van der Waals surface area contributed by atoms with Gasteiger partial charge in [-0.1, -0.05) is 450 Å². The van der Waals surface area contributed by atoms with Crippen molar-refractivity contribution in [3.8, 4) is 0 Å². The largest absolute Gasteiger partial charge is 0.545 e. The average molecular weight is 1350 g/mol. The van der Waals surface area contributed by atoms with Crippen LogP contribution in [0, 0.1) is 0 Å². The number of carbonyl (C=O) groups excluding carboxylic acids is 3. The number of hydrogen-bond acceptors (Lipinski definition) is 8. The highest BCUT2D eigenvalue weighted by atomic mass is 16.7. The molecular formula is C86H169NO8. The minimum atomic E-state index is -1.62. The molecule has 0 aliphatic carbocycles. The molecule has 0 saturated carbocycles. The second-order valence-electron chi connectivity index (χ2n) is 31.2. The van der Waals surface area contributed by atoms with Gasteiger partial charge in [0.15, 0.2) is 12.4 Å². The van der Waals surface area contributed by atoms with Crippen molar-refractivity contribution < 1.29 is 42.9 Å². The number of unbranched alkanes of at least 4 members (excludes halogenated alkanes) is 68. The molecule has 0 spiro atoms. The number of likely N-dealkylation sites (N-methyl/N-ethyl adjacent to an activating group) is 1. The molecule has 0 aromatic rings. The van der Waals surface area contributed by atoms with Crippen LogP contribution >= 0.6 is 0 Å². The molecular weight excluding hydrogens is 1170 g/mol. The summed E-state index contributed by atoms with van der Waals surface area (Å²) in [5.74, 6) is -2.24. The maximum absolute atomic E-state index is 13.0. The van der Waals surface area contributed by atoms with Crippen molar-refractivity contribution in [2.75, 3.05) is 47.5 Å². The maximum atomic E-state index is 13.0. The van der Waals surface area contributed by atoms with Gasteiger partial charge in [-0.3, -0.25) is 9.59 Å². The van der Waals surface area contributed by atoms with Gasteiger partial charge in [0.1, 0.15) is 13.2 Å². The van der Waals surface area contributed by atoms with Gasteiger partial charge in [-0.2, -0.15) is 0 Å². The molecule has 2 unspecified atom stereocenters. The molecule has 0 radical (unpaired) electrons. The zero-order valence-electron chi connectivity index (χ0n) is 65.1. The quantitative estimate of drug-likeness (QED) is 0.0256. The number of quaternary nitrogens is 1. The Morgan fingerprint density at radius 1 is 0.274 bits per heavy atom. The van der Waals surface area contributed by atoms with E-state index in [0.717, 1.165) is 38.5 Å². The third kappa shape index (κ3) is 79.5. The van der Waals surface area contributed by atoms with E-state index in [1.54, 1.807) is 0 Å². The molecule has 0 saturated heterocycles. The first-order chi connectivity index (χ1) is 46.6. The Morgan fingerprint density at radius 2 is 0.474 bits per heavy atom. The lowest BCUT2D eigenvalue weighted by molar-refractivity contribution is -0.870. The summed E-state index contributed by atoms with van der Waals surface area (Å²) >= 11 is 0. The summed E-state index contributed by atoms with van der Waals surface area (Å²) in [5.41, 5.74) is 0. The Hall–Kier alpha value is -1.71. The summed E-state index contributed by atoms with van der Waals surface area (Å²) in [4.78, 5) is 37.6. The van der Waals surface area contributed by atoms with Gasteiger partial charge in [-0.15, -0.1) is 0 Å². The molecule has 0 aliphatic heterocycles. The van der Waals surface area contributed by atoms with E-state index in [1.165, 1.54) is 411 Å². The summed E-state index contributed by atoms with van der Waals surface area (Å²) in [6, 6.07) is 0. The van der Waals surface area contributed by atoms with E-state index in [0.29, 0.717) is 17.4 Å². The van der Waals surface area contributed by atoms with Crippen molar-refractivity contribution in [1.29, 1.82) is 0 Å². The van der Waals surface area contributed by atoms with Crippen LogP contribution in [0.2, 0.25) is 0 Å². The molecule has 0 rings (SSSR count). The van der Waals surface area contributed by atoms with Crippen LogP contribution in [-0.2, 0) is 33.3 Å². The molecule has 0 N–H and O–H groups in total. The van der Waals surface area contributed by atoms with Crippen molar-refractivity contribution in [3.63, 3.8) is 0 Å². The van der Waals surface area contributed by atoms with Crippen molar-refractivity contribution in [3.05, 3.63) is 0 Å². The van der Waals surface area contributed by atoms with E-state index in [9.17, 15) is 19.5 Å². The van der Waals surface area contributed by atoms with Crippen LogP contribution in [0.5, 0.6) is 0 Å². The number of rotatable bonds is 83. The number of carboxylic acids is 1. The fourth-order valence-corrected chi connectivity index (χ4v) is 13.8. The molecule has 0 fully saturated rings. The number of ether oxygens (including phenoxy) is 4. The summed E-state index contributed by atoms with van der Waals surface area (Å²) < 4.78 is 22.9. The maximum Gasteiger partial charge on any atom is 0.306 e. The Balaban J connectivity index is 3.90. The Morgan fingerprint density at radius 3 is 0.674 bits per heavy atom. The second kappa shape index (κ2) is 78.0. The molecule has 0 bridgehead atoms. The predicted octanol–water partition coefficient (Wildman–Crippen LogP) is 26.4. The highest BCUT2D eigenvalue weighted by Crippen LogP contribution is 2.21. The van der Waals surface area contributed by atoms with Crippen LogP contribution in [-0.4, -0.2) is 82.3 Å².